The van der Waals surface area contributed by atoms with Gasteiger partial charge >= 0.3 is 0 Å². The van der Waals surface area contributed by atoms with Gasteiger partial charge in [0.05, 0.1) is 12.3 Å². The molecule has 0 saturated heterocycles. The molecule has 1 aromatic carbocycles. The highest BCUT2D eigenvalue weighted by molar-refractivity contribution is 5.67. The number of ether oxygens (including phenoxy) is 1. The van der Waals surface area contributed by atoms with Gasteiger partial charge in [0.25, 0.3) is 0 Å². The second-order valence-electron chi connectivity index (χ2n) is 4.20. The van der Waals surface area contributed by atoms with E-state index in [1.54, 1.807) is 6.20 Å². The number of aromatic nitrogens is 2. The summed E-state index contributed by atoms with van der Waals surface area (Å²) in [7, 11) is 0. The van der Waals surface area contributed by atoms with Gasteiger partial charge in [0.1, 0.15) is 11.6 Å². The quantitative estimate of drug-likeness (QED) is 0.629. The van der Waals surface area contributed by atoms with Crippen molar-refractivity contribution in [2.45, 2.75) is 6.42 Å². The standard InChI is InChI=1S/C13H15N5O/c14-17-13-15-7-6-12(16-13)18-8-3-9-19-11-5-2-1-4-10(11)18/h1-2,4-7H,3,8-9,14H2,(H,15,16,17). The van der Waals surface area contributed by atoms with Gasteiger partial charge in [-0.05, 0) is 24.6 Å². The minimum Gasteiger partial charge on any atom is -0.491 e. The van der Waals surface area contributed by atoms with E-state index in [2.05, 4.69) is 20.3 Å². The molecule has 0 radical (unpaired) electrons. The number of hydrogen-bond donors (Lipinski definition) is 2. The average Bonchev–Trinajstić information content (AvgIpc) is 2.69. The van der Waals surface area contributed by atoms with Crippen molar-refractivity contribution in [2.24, 2.45) is 5.84 Å². The van der Waals surface area contributed by atoms with E-state index in [0.29, 0.717) is 12.6 Å². The minimum atomic E-state index is 0.403. The number of nitrogens with zero attached hydrogens (tertiary/aromatic N) is 3. The first-order valence-electron chi connectivity index (χ1n) is 6.17. The van der Waals surface area contributed by atoms with Crippen molar-refractivity contribution >= 4 is 17.5 Å². The lowest BCUT2D eigenvalue weighted by molar-refractivity contribution is 0.322. The number of nitrogens with one attached hydrogen (secondary N) is 1. The van der Waals surface area contributed by atoms with E-state index in [1.807, 2.05) is 30.3 Å². The topological polar surface area (TPSA) is 76.3 Å². The molecule has 2 heterocycles. The molecule has 0 bridgehead atoms. The SMILES string of the molecule is NNc1nccc(N2CCCOc3ccccc32)n1. The van der Waals surface area contributed by atoms with Gasteiger partial charge in [-0.15, -0.1) is 0 Å². The molecule has 0 atom stereocenters. The third-order valence-electron chi connectivity index (χ3n) is 2.99. The zero-order chi connectivity index (χ0) is 13.1. The first-order chi connectivity index (χ1) is 9.38. The van der Waals surface area contributed by atoms with Crippen molar-refractivity contribution in [3.63, 3.8) is 0 Å². The Morgan fingerprint density at radius 3 is 3.05 bits per heavy atom. The zero-order valence-electron chi connectivity index (χ0n) is 10.4. The highest BCUT2D eigenvalue weighted by atomic mass is 16.5. The number of fused-ring (bicyclic) bond motifs is 1. The van der Waals surface area contributed by atoms with E-state index < -0.39 is 0 Å². The molecule has 6 nitrogen and oxygen atoms in total. The summed E-state index contributed by atoms with van der Waals surface area (Å²) in [4.78, 5) is 10.5. The molecular formula is C13H15N5O. The third kappa shape index (κ3) is 2.30. The van der Waals surface area contributed by atoms with Crippen LogP contribution in [0, 0.1) is 0 Å². The second-order valence-corrected chi connectivity index (χ2v) is 4.20. The lowest BCUT2D eigenvalue weighted by atomic mass is 10.2. The number of nitrogens with two attached hydrogens (primary N) is 1. The van der Waals surface area contributed by atoms with Crippen molar-refractivity contribution in [3.05, 3.63) is 36.5 Å². The van der Waals surface area contributed by atoms with E-state index in [9.17, 15) is 0 Å². The van der Waals surface area contributed by atoms with E-state index in [-0.39, 0.29) is 0 Å². The molecule has 19 heavy (non-hydrogen) atoms. The van der Waals surface area contributed by atoms with Gasteiger partial charge in [-0.25, -0.2) is 10.8 Å². The Morgan fingerprint density at radius 2 is 2.16 bits per heavy atom. The van der Waals surface area contributed by atoms with Gasteiger partial charge in [0.2, 0.25) is 5.95 Å². The first-order valence-corrected chi connectivity index (χ1v) is 6.17. The Kier molecular flexibility index (Phi) is 3.16. The lowest BCUT2D eigenvalue weighted by Gasteiger charge is -2.22. The van der Waals surface area contributed by atoms with E-state index in [4.69, 9.17) is 10.6 Å². The highest BCUT2D eigenvalue weighted by Gasteiger charge is 2.18. The van der Waals surface area contributed by atoms with Crippen LogP contribution in [0.5, 0.6) is 5.75 Å². The van der Waals surface area contributed by atoms with Gasteiger partial charge in [-0.1, -0.05) is 12.1 Å². The molecule has 98 valence electrons. The first kappa shape index (κ1) is 11.7. The molecule has 0 fully saturated rings. The molecule has 0 aliphatic carbocycles. The fraction of sp³-hybridized carbons (Fsp3) is 0.231. The van der Waals surface area contributed by atoms with Crippen LogP contribution >= 0.6 is 0 Å². The maximum Gasteiger partial charge on any atom is 0.239 e. The Morgan fingerprint density at radius 1 is 1.26 bits per heavy atom. The monoisotopic (exact) mass is 257 g/mol. The van der Waals surface area contributed by atoms with Gasteiger partial charge in [0, 0.05) is 12.7 Å². The molecule has 3 N–H and O–H groups in total. The summed E-state index contributed by atoms with van der Waals surface area (Å²) in [5.41, 5.74) is 3.48. The van der Waals surface area contributed by atoms with Crippen LogP contribution < -0.4 is 20.9 Å². The van der Waals surface area contributed by atoms with Crippen molar-refractivity contribution in [1.82, 2.24) is 9.97 Å². The summed E-state index contributed by atoms with van der Waals surface area (Å²) in [6.07, 6.45) is 2.62. The molecule has 1 aliphatic heterocycles. The molecule has 3 rings (SSSR count). The van der Waals surface area contributed by atoms with E-state index >= 15 is 0 Å². The van der Waals surface area contributed by atoms with Crippen LogP contribution in [-0.2, 0) is 0 Å². The van der Waals surface area contributed by atoms with Gasteiger partial charge in [0.15, 0.2) is 0 Å². The van der Waals surface area contributed by atoms with Crippen LogP contribution in [-0.4, -0.2) is 23.1 Å². The molecule has 1 aromatic heterocycles. The van der Waals surface area contributed by atoms with Gasteiger partial charge in [-0.3, -0.25) is 5.43 Å². The Hall–Kier alpha value is -2.34. The van der Waals surface area contributed by atoms with Gasteiger partial charge in [-0.2, -0.15) is 4.98 Å². The van der Waals surface area contributed by atoms with Crippen LogP contribution in [0.2, 0.25) is 0 Å². The largest absolute Gasteiger partial charge is 0.491 e. The predicted molar refractivity (Wildman–Crippen MR) is 73.4 cm³/mol. The number of benzene rings is 1. The fourth-order valence-corrected chi connectivity index (χ4v) is 2.13. The normalized spacial score (nSPS) is 14.3. The van der Waals surface area contributed by atoms with Crippen molar-refractivity contribution in [3.8, 4) is 5.75 Å². The maximum absolute atomic E-state index is 5.73. The molecule has 0 amide bonds. The predicted octanol–water partition coefficient (Wildman–Crippen LogP) is 1.68. The van der Waals surface area contributed by atoms with Crippen LogP contribution in [0.25, 0.3) is 0 Å². The van der Waals surface area contributed by atoms with Gasteiger partial charge < -0.3 is 9.64 Å². The smallest absolute Gasteiger partial charge is 0.239 e. The van der Waals surface area contributed by atoms with Crippen LogP contribution in [0.3, 0.4) is 0 Å². The Balaban J connectivity index is 2.03. The van der Waals surface area contributed by atoms with Crippen molar-refractivity contribution in [2.75, 3.05) is 23.5 Å². The zero-order valence-corrected chi connectivity index (χ0v) is 10.4. The van der Waals surface area contributed by atoms with Crippen LogP contribution in [0.15, 0.2) is 36.5 Å². The summed E-state index contributed by atoms with van der Waals surface area (Å²) < 4.78 is 5.73. The maximum atomic E-state index is 5.73. The molecule has 0 saturated carbocycles. The molecule has 0 unspecified atom stereocenters. The number of anilines is 3. The summed E-state index contributed by atoms with van der Waals surface area (Å²) in [6.45, 7) is 1.55. The van der Waals surface area contributed by atoms with Crippen LogP contribution in [0.4, 0.5) is 17.5 Å². The summed E-state index contributed by atoms with van der Waals surface area (Å²) in [5.74, 6) is 7.44. The van der Waals surface area contributed by atoms with E-state index in [0.717, 1.165) is 30.2 Å². The number of hydrogen-bond acceptors (Lipinski definition) is 6. The third-order valence-corrected chi connectivity index (χ3v) is 2.99. The molecule has 2 aromatic rings. The van der Waals surface area contributed by atoms with Crippen molar-refractivity contribution < 1.29 is 4.74 Å². The molecule has 1 aliphatic rings. The summed E-state index contributed by atoms with van der Waals surface area (Å²) in [6, 6.07) is 9.82. The van der Waals surface area contributed by atoms with Crippen molar-refractivity contribution in [1.29, 1.82) is 0 Å². The summed E-state index contributed by atoms with van der Waals surface area (Å²) in [5, 5.41) is 0. The molecular weight excluding hydrogens is 242 g/mol. The lowest BCUT2D eigenvalue weighted by Crippen LogP contribution is -2.20. The number of rotatable bonds is 2. The minimum absolute atomic E-state index is 0.403. The number of hydrazine groups is 1. The Labute approximate surface area is 111 Å². The summed E-state index contributed by atoms with van der Waals surface area (Å²) >= 11 is 0. The average molecular weight is 257 g/mol. The number of para-hydroxylation sites is 2. The molecule has 6 heteroatoms. The van der Waals surface area contributed by atoms with Crippen LogP contribution in [0.1, 0.15) is 6.42 Å². The Bertz CT molecular complexity index is 574. The number of nitrogen functional groups attached to an aromatic ring is 1. The molecule has 0 spiro atoms. The fourth-order valence-electron chi connectivity index (χ4n) is 2.13. The second kappa shape index (κ2) is 5.11. The highest BCUT2D eigenvalue weighted by Crippen LogP contribution is 2.34. The van der Waals surface area contributed by atoms with E-state index in [1.165, 1.54) is 0 Å².